The third kappa shape index (κ3) is 2.91. The summed E-state index contributed by atoms with van der Waals surface area (Å²) in [5.41, 5.74) is 5.51. The number of nitrogens with zero attached hydrogens (tertiary/aromatic N) is 1. The van der Waals surface area contributed by atoms with Gasteiger partial charge in [-0.3, -0.25) is 0 Å². The smallest absolute Gasteiger partial charge is 0.0740 e. The molecule has 2 aliphatic rings. The van der Waals surface area contributed by atoms with Gasteiger partial charge in [-0.1, -0.05) is 18.6 Å². The fraction of sp³-hybridized carbons (Fsp3) is 0.917. The lowest BCUT2D eigenvalue weighted by atomic mass is 9.88. The molecular formula is C12H22N2S. The SMILES string of the molecule is CN(CCC(N)=S)CC1CC2CCC1C2. The molecule has 0 spiro atoms. The third-order valence-corrected chi connectivity index (χ3v) is 4.37. The number of thiocarbonyl (C=S) groups is 1. The molecule has 2 nitrogen and oxygen atoms in total. The van der Waals surface area contributed by atoms with Crippen LogP contribution < -0.4 is 5.73 Å². The summed E-state index contributed by atoms with van der Waals surface area (Å²) < 4.78 is 0. The largest absolute Gasteiger partial charge is 0.393 e. The Morgan fingerprint density at radius 2 is 2.20 bits per heavy atom. The second kappa shape index (κ2) is 4.79. The van der Waals surface area contributed by atoms with Gasteiger partial charge in [-0.05, 0) is 44.1 Å². The van der Waals surface area contributed by atoms with Gasteiger partial charge in [-0.15, -0.1) is 0 Å². The van der Waals surface area contributed by atoms with Crippen LogP contribution in [0.1, 0.15) is 32.1 Å². The van der Waals surface area contributed by atoms with Crippen molar-refractivity contribution in [3.8, 4) is 0 Å². The van der Waals surface area contributed by atoms with Crippen LogP contribution in [0.2, 0.25) is 0 Å². The second-order valence-electron chi connectivity index (χ2n) is 5.41. The number of fused-ring (bicyclic) bond motifs is 2. The van der Waals surface area contributed by atoms with Crippen molar-refractivity contribution in [2.75, 3.05) is 20.1 Å². The molecule has 3 unspecified atom stereocenters. The van der Waals surface area contributed by atoms with E-state index in [1.807, 2.05) is 0 Å². The highest BCUT2D eigenvalue weighted by molar-refractivity contribution is 7.80. The first-order valence-corrected chi connectivity index (χ1v) is 6.53. The van der Waals surface area contributed by atoms with Crippen LogP contribution in [0.15, 0.2) is 0 Å². The molecule has 0 saturated heterocycles. The average molecular weight is 226 g/mol. The molecule has 2 N–H and O–H groups in total. The van der Waals surface area contributed by atoms with Crippen LogP contribution in [0.4, 0.5) is 0 Å². The van der Waals surface area contributed by atoms with Crippen LogP contribution in [0.5, 0.6) is 0 Å². The van der Waals surface area contributed by atoms with E-state index in [0.717, 1.165) is 30.7 Å². The van der Waals surface area contributed by atoms with Crippen LogP contribution in [-0.4, -0.2) is 30.0 Å². The van der Waals surface area contributed by atoms with Crippen molar-refractivity contribution in [3.05, 3.63) is 0 Å². The highest BCUT2D eigenvalue weighted by Gasteiger charge is 2.39. The summed E-state index contributed by atoms with van der Waals surface area (Å²) in [6, 6.07) is 0. The first-order chi connectivity index (χ1) is 7.15. The Bertz CT molecular complexity index is 242. The van der Waals surface area contributed by atoms with Crippen LogP contribution in [0.3, 0.4) is 0 Å². The highest BCUT2D eigenvalue weighted by Crippen LogP contribution is 2.48. The van der Waals surface area contributed by atoms with Gasteiger partial charge in [-0.2, -0.15) is 0 Å². The standard InChI is InChI=1S/C12H22N2S/c1-14(5-4-12(13)15)8-11-7-9-2-3-10(11)6-9/h9-11H,2-8H2,1H3,(H2,13,15). The van der Waals surface area contributed by atoms with Gasteiger partial charge in [-0.25, -0.2) is 0 Å². The Balaban J connectivity index is 1.70. The zero-order chi connectivity index (χ0) is 10.8. The number of nitrogens with two attached hydrogens (primary N) is 1. The normalized spacial score (nSPS) is 33.9. The highest BCUT2D eigenvalue weighted by atomic mass is 32.1. The number of hydrogen-bond acceptors (Lipinski definition) is 2. The minimum atomic E-state index is 0.648. The predicted octanol–water partition coefficient (Wildman–Crippen LogP) is 2.03. The molecule has 0 aromatic rings. The van der Waals surface area contributed by atoms with Gasteiger partial charge in [0.1, 0.15) is 0 Å². The monoisotopic (exact) mass is 226 g/mol. The predicted molar refractivity (Wildman–Crippen MR) is 67.8 cm³/mol. The minimum absolute atomic E-state index is 0.648. The van der Waals surface area contributed by atoms with Crippen molar-refractivity contribution in [1.82, 2.24) is 4.90 Å². The lowest BCUT2D eigenvalue weighted by Crippen LogP contribution is -2.31. The van der Waals surface area contributed by atoms with Crippen molar-refractivity contribution in [1.29, 1.82) is 0 Å². The maximum absolute atomic E-state index is 5.51. The van der Waals surface area contributed by atoms with Gasteiger partial charge < -0.3 is 10.6 Å². The maximum Gasteiger partial charge on any atom is 0.0740 e. The molecule has 3 atom stereocenters. The number of hydrogen-bond donors (Lipinski definition) is 1. The summed E-state index contributed by atoms with van der Waals surface area (Å²) in [5.74, 6) is 3.05. The molecule has 0 amide bonds. The van der Waals surface area contributed by atoms with E-state index in [9.17, 15) is 0 Å². The van der Waals surface area contributed by atoms with Crippen LogP contribution in [0, 0.1) is 17.8 Å². The first kappa shape index (κ1) is 11.3. The Labute approximate surface area is 98.2 Å². The van der Waals surface area contributed by atoms with Crippen LogP contribution in [0.25, 0.3) is 0 Å². The number of rotatable bonds is 5. The lowest BCUT2D eigenvalue weighted by Gasteiger charge is -2.27. The van der Waals surface area contributed by atoms with Crippen molar-refractivity contribution >= 4 is 17.2 Å². The van der Waals surface area contributed by atoms with E-state index in [0.29, 0.717) is 4.99 Å². The summed E-state index contributed by atoms with van der Waals surface area (Å²) in [6.45, 7) is 2.28. The van der Waals surface area contributed by atoms with E-state index in [-0.39, 0.29) is 0 Å². The van der Waals surface area contributed by atoms with E-state index in [4.69, 9.17) is 18.0 Å². The molecule has 2 aliphatic carbocycles. The van der Waals surface area contributed by atoms with Gasteiger partial charge in [0.25, 0.3) is 0 Å². The first-order valence-electron chi connectivity index (χ1n) is 6.12. The lowest BCUT2D eigenvalue weighted by molar-refractivity contribution is 0.223. The van der Waals surface area contributed by atoms with Crippen molar-refractivity contribution < 1.29 is 0 Å². The van der Waals surface area contributed by atoms with Crippen LogP contribution in [-0.2, 0) is 0 Å². The summed E-state index contributed by atoms with van der Waals surface area (Å²) >= 11 is 4.90. The molecule has 86 valence electrons. The molecule has 2 bridgehead atoms. The molecule has 3 heteroatoms. The molecular weight excluding hydrogens is 204 g/mol. The van der Waals surface area contributed by atoms with Crippen LogP contribution >= 0.6 is 12.2 Å². The Morgan fingerprint density at radius 3 is 2.73 bits per heavy atom. The zero-order valence-electron chi connectivity index (χ0n) is 9.61. The molecule has 0 aromatic heterocycles. The van der Waals surface area contributed by atoms with E-state index >= 15 is 0 Å². The van der Waals surface area contributed by atoms with Crippen molar-refractivity contribution in [3.63, 3.8) is 0 Å². The Hall–Kier alpha value is -0.150. The molecule has 2 fully saturated rings. The third-order valence-electron chi connectivity index (χ3n) is 4.17. The van der Waals surface area contributed by atoms with Gasteiger partial charge in [0.2, 0.25) is 0 Å². The second-order valence-corrected chi connectivity index (χ2v) is 5.94. The molecule has 2 rings (SSSR count). The van der Waals surface area contributed by atoms with E-state index < -0.39 is 0 Å². The zero-order valence-corrected chi connectivity index (χ0v) is 10.4. The maximum atomic E-state index is 5.51. The molecule has 15 heavy (non-hydrogen) atoms. The minimum Gasteiger partial charge on any atom is -0.393 e. The Morgan fingerprint density at radius 1 is 1.40 bits per heavy atom. The summed E-state index contributed by atoms with van der Waals surface area (Å²) in [7, 11) is 2.20. The van der Waals surface area contributed by atoms with Gasteiger partial charge in [0.15, 0.2) is 0 Å². The van der Waals surface area contributed by atoms with E-state index in [1.165, 1.54) is 32.2 Å². The fourth-order valence-corrected chi connectivity index (χ4v) is 3.48. The average Bonchev–Trinajstić information content (AvgIpc) is 2.76. The fourth-order valence-electron chi connectivity index (χ4n) is 3.39. The molecule has 0 aliphatic heterocycles. The Kier molecular flexibility index (Phi) is 3.62. The van der Waals surface area contributed by atoms with Gasteiger partial charge >= 0.3 is 0 Å². The van der Waals surface area contributed by atoms with Crippen molar-refractivity contribution in [2.24, 2.45) is 23.5 Å². The quantitative estimate of drug-likeness (QED) is 0.727. The summed E-state index contributed by atoms with van der Waals surface area (Å²) in [4.78, 5) is 3.06. The molecule has 2 saturated carbocycles. The summed E-state index contributed by atoms with van der Waals surface area (Å²) in [6.07, 6.45) is 6.83. The van der Waals surface area contributed by atoms with Crippen molar-refractivity contribution in [2.45, 2.75) is 32.1 Å². The van der Waals surface area contributed by atoms with E-state index in [2.05, 4.69) is 11.9 Å². The molecule has 0 heterocycles. The summed E-state index contributed by atoms with van der Waals surface area (Å²) in [5, 5.41) is 0. The van der Waals surface area contributed by atoms with Gasteiger partial charge in [0.05, 0.1) is 4.99 Å². The van der Waals surface area contributed by atoms with E-state index in [1.54, 1.807) is 0 Å². The topological polar surface area (TPSA) is 29.3 Å². The molecule has 0 radical (unpaired) electrons. The van der Waals surface area contributed by atoms with Gasteiger partial charge in [0, 0.05) is 19.5 Å². The molecule has 0 aromatic carbocycles.